The van der Waals surface area contributed by atoms with E-state index in [1.165, 1.54) is 10.4 Å². The third kappa shape index (κ3) is 3.87. The van der Waals surface area contributed by atoms with Crippen LogP contribution in [-0.4, -0.2) is 16.7 Å². The maximum Gasteiger partial charge on any atom is 0.0676 e. The summed E-state index contributed by atoms with van der Waals surface area (Å²) < 4.78 is 1.16. The maximum absolute atomic E-state index is 4.35. The van der Waals surface area contributed by atoms with Crippen LogP contribution in [0.3, 0.4) is 0 Å². The molecule has 0 saturated heterocycles. The van der Waals surface area contributed by atoms with E-state index in [0.717, 1.165) is 35.2 Å². The van der Waals surface area contributed by atoms with Crippen LogP contribution in [-0.2, 0) is 12.8 Å². The number of halogens is 1. The molecular weight excluding hydrogens is 334 g/mol. The van der Waals surface area contributed by atoms with Gasteiger partial charge in [0.1, 0.15) is 0 Å². The first-order valence-electron chi connectivity index (χ1n) is 6.93. The van der Waals surface area contributed by atoms with Crippen molar-refractivity contribution in [1.82, 2.24) is 15.5 Å². The second-order valence-corrected chi connectivity index (χ2v) is 6.70. The zero-order chi connectivity index (χ0) is 14.5. The summed E-state index contributed by atoms with van der Waals surface area (Å²) >= 11 is 5.32. The highest BCUT2D eigenvalue weighted by Crippen LogP contribution is 2.27. The minimum atomic E-state index is 0.301. The van der Waals surface area contributed by atoms with E-state index in [1.807, 2.05) is 6.92 Å². The standard InChI is InChI=1S/C15H20BrN3S/c1-4-14-13(6-10(3)18-19-14)15(17-5-2)8-12-7-11(16)9-20-12/h6-7,9,15,17H,4-5,8H2,1-3H3. The van der Waals surface area contributed by atoms with Gasteiger partial charge in [-0.1, -0.05) is 13.8 Å². The second-order valence-electron chi connectivity index (χ2n) is 4.79. The van der Waals surface area contributed by atoms with Gasteiger partial charge in [0.15, 0.2) is 0 Å². The lowest BCUT2D eigenvalue weighted by atomic mass is 9.99. The van der Waals surface area contributed by atoms with E-state index in [2.05, 4.69) is 62.8 Å². The average molecular weight is 354 g/mol. The van der Waals surface area contributed by atoms with E-state index in [4.69, 9.17) is 0 Å². The number of aryl methyl sites for hydroxylation is 2. The van der Waals surface area contributed by atoms with E-state index in [9.17, 15) is 0 Å². The van der Waals surface area contributed by atoms with E-state index < -0.39 is 0 Å². The van der Waals surface area contributed by atoms with Crippen molar-refractivity contribution in [2.75, 3.05) is 6.54 Å². The molecule has 2 aromatic rings. The zero-order valence-electron chi connectivity index (χ0n) is 12.1. The van der Waals surface area contributed by atoms with Crippen molar-refractivity contribution >= 4 is 27.3 Å². The summed E-state index contributed by atoms with van der Waals surface area (Å²) in [5, 5.41) is 14.2. The van der Waals surface area contributed by atoms with Gasteiger partial charge in [-0.05, 0) is 53.5 Å². The van der Waals surface area contributed by atoms with Gasteiger partial charge in [0, 0.05) is 27.2 Å². The zero-order valence-corrected chi connectivity index (χ0v) is 14.5. The molecule has 1 atom stereocenters. The number of aromatic nitrogens is 2. The average Bonchev–Trinajstić information content (AvgIpc) is 2.84. The molecule has 0 aliphatic rings. The Morgan fingerprint density at radius 1 is 1.30 bits per heavy atom. The highest BCUT2D eigenvalue weighted by Gasteiger charge is 2.17. The predicted octanol–water partition coefficient (Wildman–Crippen LogP) is 4.06. The van der Waals surface area contributed by atoms with Crippen LogP contribution in [0.5, 0.6) is 0 Å². The van der Waals surface area contributed by atoms with Crippen molar-refractivity contribution in [1.29, 1.82) is 0 Å². The highest BCUT2D eigenvalue weighted by molar-refractivity contribution is 9.10. The minimum Gasteiger partial charge on any atom is -0.310 e. The van der Waals surface area contributed by atoms with Gasteiger partial charge < -0.3 is 5.32 Å². The third-order valence-corrected chi connectivity index (χ3v) is 4.93. The quantitative estimate of drug-likeness (QED) is 0.850. The van der Waals surface area contributed by atoms with Crippen LogP contribution >= 0.6 is 27.3 Å². The molecule has 0 radical (unpaired) electrons. The molecule has 1 N–H and O–H groups in total. The topological polar surface area (TPSA) is 37.8 Å². The highest BCUT2D eigenvalue weighted by atomic mass is 79.9. The second kappa shape index (κ2) is 7.29. The van der Waals surface area contributed by atoms with Gasteiger partial charge in [0.2, 0.25) is 0 Å². The molecule has 0 bridgehead atoms. The van der Waals surface area contributed by atoms with Crippen LogP contribution in [0.4, 0.5) is 0 Å². The molecule has 0 aromatic carbocycles. The van der Waals surface area contributed by atoms with Gasteiger partial charge >= 0.3 is 0 Å². The van der Waals surface area contributed by atoms with Gasteiger partial charge in [-0.2, -0.15) is 10.2 Å². The molecule has 5 heteroatoms. The molecule has 0 amide bonds. The first-order valence-corrected chi connectivity index (χ1v) is 8.60. The summed E-state index contributed by atoms with van der Waals surface area (Å²) in [6, 6.07) is 4.67. The van der Waals surface area contributed by atoms with Crippen molar-refractivity contribution in [3.05, 3.63) is 43.8 Å². The summed E-state index contributed by atoms with van der Waals surface area (Å²) in [5.74, 6) is 0. The Labute approximate surface area is 133 Å². The molecule has 0 fully saturated rings. The molecule has 0 aliphatic heterocycles. The maximum atomic E-state index is 4.35. The Kier molecular flexibility index (Phi) is 5.69. The molecule has 3 nitrogen and oxygen atoms in total. The number of thiophene rings is 1. The first kappa shape index (κ1) is 15.6. The molecular formula is C15H20BrN3S. The fourth-order valence-electron chi connectivity index (χ4n) is 2.31. The fraction of sp³-hybridized carbons (Fsp3) is 0.467. The Bertz CT molecular complexity index is 568. The van der Waals surface area contributed by atoms with E-state index >= 15 is 0 Å². The van der Waals surface area contributed by atoms with Crippen molar-refractivity contribution in [2.24, 2.45) is 0 Å². The largest absolute Gasteiger partial charge is 0.310 e. The van der Waals surface area contributed by atoms with E-state index in [0.29, 0.717) is 6.04 Å². The summed E-state index contributed by atoms with van der Waals surface area (Å²) in [4.78, 5) is 1.37. The van der Waals surface area contributed by atoms with Crippen LogP contribution in [0.15, 0.2) is 22.0 Å². The molecule has 2 heterocycles. The fourth-order valence-corrected chi connectivity index (χ4v) is 3.81. The molecule has 1 unspecified atom stereocenters. The van der Waals surface area contributed by atoms with Crippen molar-refractivity contribution < 1.29 is 0 Å². The van der Waals surface area contributed by atoms with Crippen LogP contribution in [0.2, 0.25) is 0 Å². The molecule has 108 valence electrons. The molecule has 0 aliphatic carbocycles. The predicted molar refractivity (Wildman–Crippen MR) is 88.3 cm³/mol. The van der Waals surface area contributed by atoms with Gasteiger partial charge in [-0.25, -0.2) is 0 Å². The van der Waals surface area contributed by atoms with Crippen LogP contribution in [0.25, 0.3) is 0 Å². The molecule has 2 rings (SSSR count). The molecule has 20 heavy (non-hydrogen) atoms. The van der Waals surface area contributed by atoms with Gasteiger partial charge in [0.05, 0.1) is 11.4 Å². The number of nitrogens with one attached hydrogen (secondary N) is 1. The van der Waals surface area contributed by atoms with Crippen LogP contribution in [0, 0.1) is 6.92 Å². The van der Waals surface area contributed by atoms with Gasteiger partial charge in [-0.3, -0.25) is 0 Å². The van der Waals surface area contributed by atoms with Gasteiger partial charge in [0.25, 0.3) is 0 Å². The summed E-state index contributed by atoms with van der Waals surface area (Å²) in [7, 11) is 0. The van der Waals surface area contributed by atoms with E-state index in [1.54, 1.807) is 11.3 Å². The summed E-state index contributed by atoms with van der Waals surface area (Å²) in [6.45, 7) is 7.22. The molecule has 0 saturated carbocycles. The smallest absolute Gasteiger partial charge is 0.0676 e. The number of rotatable bonds is 6. The van der Waals surface area contributed by atoms with Crippen LogP contribution in [0.1, 0.15) is 41.7 Å². The first-order chi connectivity index (χ1) is 9.63. The Balaban J connectivity index is 2.30. The summed E-state index contributed by atoms with van der Waals surface area (Å²) in [6.07, 6.45) is 1.90. The number of nitrogens with zero attached hydrogens (tertiary/aromatic N) is 2. The van der Waals surface area contributed by atoms with Crippen molar-refractivity contribution in [3.8, 4) is 0 Å². The lowest BCUT2D eigenvalue weighted by molar-refractivity contribution is 0.543. The lowest BCUT2D eigenvalue weighted by Crippen LogP contribution is -2.24. The van der Waals surface area contributed by atoms with E-state index in [-0.39, 0.29) is 0 Å². The number of likely N-dealkylation sites (N-methyl/N-ethyl adjacent to an activating group) is 1. The normalized spacial score (nSPS) is 12.6. The lowest BCUT2D eigenvalue weighted by Gasteiger charge is -2.20. The molecule has 2 aromatic heterocycles. The van der Waals surface area contributed by atoms with Crippen molar-refractivity contribution in [2.45, 2.75) is 39.7 Å². The Morgan fingerprint density at radius 2 is 2.10 bits per heavy atom. The molecule has 0 spiro atoms. The summed E-state index contributed by atoms with van der Waals surface area (Å²) in [5.41, 5.74) is 3.36. The third-order valence-electron chi connectivity index (χ3n) is 3.21. The van der Waals surface area contributed by atoms with Crippen LogP contribution < -0.4 is 5.32 Å². The Morgan fingerprint density at radius 3 is 2.70 bits per heavy atom. The minimum absolute atomic E-state index is 0.301. The van der Waals surface area contributed by atoms with Gasteiger partial charge in [-0.15, -0.1) is 11.3 Å². The van der Waals surface area contributed by atoms with Crippen molar-refractivity contribution in [3.63, 3.8) is 0 Å². The monoisotopic (exact) mass is 353 g/mol. The number of hydrogen-bond donors (Lipinski definition) is 1. The Hall–Kier alpha value is -0.780. The SMILES string of the molecule is CCNC(Cc1cc(Br)cs1)c1cc(C)nnc1CC. The number of hydrogen-bond acceptors (Lipinski definition) is 4.